The highest BCUT2D eigenvalue weighted by molar-refractivity contribution is 14.0. The van der Waals surface area contributed by atoms with E-state index in [1.165, 1.54) is 5.56 Å². The molecule has 0 radical (unpaired) electrons. The summed E-state index contributed by atoms with van der Waals surface area (Å²) in [5.74, 6) is -0.160. The molecule has 0 saturated heterocycles. The molecule has 2 aromatic rings. The topological polar surface area (TPSA) is 56.7 Å². The number of carbonyl (C=O) groups is 1. The van der Waals surface area contributed by atoms with Crippen LogP contribution in [0, 0.1) is 0 Å². The monoisotopic (exact) mass is 548 g/mol. The van der Waals surface area contributed by atoms with Crippen LogP contribution in [-0.2, 0) is 11.2 Å². The van der Waals surface area contributed by atoms with E-state index >= 15 is 0 Å². The Bertz CT molecular complexity index is 817. The summed E-state index contributed by atoms with van der Waals surface area (Å²) in [4.78, 5) is 16.6. The Kier molecular flexibility index (Phi) is 11.4. The maximum atomic E-state index is 12.4. The van der Waals surface area contributed by atoms with Gasteiger partial charge in [0.1, 0.15) is 6.54 Å². The Balaban J connectivity index is 0.00000480. The Hall–Kier alpha value is -2.30. The molecule has 9 heteroatoms. The lowest BCUT2D eigenvalue weighted by molar-refractivity contribution is -0.157. The maximum Gasteiger partial charge on any atom is 0.406 e. The molecule has 1 atom stereocenters. The summed E-state index contributed by atoms with van der Waals surface area (Å²) in [6, 6.07) is 20.1. The second kappa shape index (κ2) is 13.2. The van der Waals surface area contributed by atoms with Crippen molar-refractivity contribution in [2.75, 3.05) is 33.7 Å². The number of rotatable bonds is 8. The van der Waals surface area contributed by atoms with Crippen LogP contribution >= 0.6 is 24.0 Å². The molecule has 0 heterocycles. The van der Waals surface area contributed by atoms with Crippen LogP contribution in [0.3, 0.4) is 0 Å². The molecule has 170 valence electrons. The number of benzene rings is 2. The average Bonchev–Trinajstić information content (AvgIpc) is 2.72. The van der Waals surface area contributed by atoms with Crippen LogP contribution in [0.2, 0.25) is 0 Å². The summed E-state index contributed by atoms with van der Waals surface area (Å²) in [6.45, 7) is -1.02. The third kappa shape index (κ3) is 10.0. The van der Waals surface area contributed by atoms with Gasteiger partial charge in [-0.3, -0.25) is 9.79 Å². The van der Waals surface area contributed by atoms with Gasteiger partial charge in [0.2, 0.25) is 5.91 Å². The largest absolute Gasteiger partial charge is 0.406 e. The lowest BCUT2D eigenvalue weighted by Gasteiger charge is -2.22. The summed E-state index contributed by atoms with van der Waals surface area (Å²) in [5.41, 5.74) is 2.35. The van der Waals surface area contributed by atoms with E-state index in [4.69, 9.17) is 0 Å². The first-order valence-electron chi connectivity index (χ1n) is 9.62. The molecule has 0 bridgehead atoms. The molecule has 0 aliphatic rings. The molecule has 2 N–H and O–H groups in total. The smallest absolute Gasteiger partial charge is 0.356 e. The van der Waals surface area contributed by atoms with Gasteiger partial charge in [0.15, 0.2) is 5.96 Å². The zero-order valence-corrected chi connectivity index (χ0v) is 19.9. The van der Waals surface area contributed by atoms with Gasteiger partial charge in [-0.25, -0.2) is 0 Å². The third-order valence-corrected chi connectivity index (χ3v) is 4.58. The number of carbonyl (C=O) groups excluding carboxylic acids is 1. The highest BCUT2D eigenvalue weighted by Gasteiger charge is 2.31. The number of aliphatic imine (C=N–C) groups is 1. The number of nitrogens with zero attached hydrogens (tertiary/aromatic N) is 2. The zero-order chi connectivity index (χ0) is 22.0. The van der Waals surface area contributed by atoms with E-state index in [2.05, 4.69) is 39.9 Å². The molecule has 0 saturated carbocycles. The van der Waals surface area contributed by atoms with Gasteiger partial charge in [-0.1, -0.05) is 60.7 Å². The van der Waals surface area contributed by atoms with E-state index in [1.54, 1.807) is 7.05 Å². The predicted molar refractivity (Wildman–Crippen MR) is 128 cm³/mol. The van der Waals surface area contributed by atoms with E-state index in [1.807, 2.05) is 36.4 Å². The van der Waals surface area contributed by atoms with Gasteiger partial charge < -0.3 is 15.5 Å². The molecule has 0 fully saturated rings. The predicted octanol–water partition coefficient (Wildman–Crippen LogP) is 3.82. The van der Waals surface area contributed by atoms with Crippen LogP contribution in [0.4, 0.5) is 13.2 Å². The Labute approximate surface area is 198 Å². The second-order valence-electron chi connectivity index (χ2n) is 6.97. The van der Waals surface area contributed by atoms with Gasteiger partial charge in [-0.15, -0.1) is 24.0 Å². The van der Waals surface area contributed by atoms with Gasteiger partial charge >= 0.3 is 6.18 Å². The quantitative estimate of drug-likeness (QED) is 0.300. The van der Waals surface area contributed by atoms with Crippen molar-refractivity contribution in [2.45, 2.75) is 18.5 Å². The standard InChI is InChI=1S/C22H27F3N4O.HI/c1-26-21(28-15-20(30)29(2)16-22(23,24)25)27-14-19(18-11-7-4-8-12-18)13-17-9-5-3-6-10-17;/h3-12,19H,13-16H2,1-2H3,(H2,26,27,28);1H. The van der Waals surface area contributed by atoms with Crippen molar-refractivity contribution >= 4 is 35.8 Å². The van der Waals surface area contributed by atoms with Crippen molar-refractivity contribution in [2.24, 2.45) is 4.99 Å². The van der Waals surface area contributed by atoms with Crippen molar-refractivity contribution in [1.29, 1.82) is 0 Å². The first kappa shape index (κ1) is 26.7. The zero-order valence-electron chi connectivity index (χ0n) is 17.5. The molecule has 0 aromatic heterocycles. The summed E-state index contributed by atoms with van der Waals surface area (Å²) in [7, 11) is 2.67. The Morgan fingerprint density at radius 3 is 2.16 bits per heavy atom. The Morgan fingerprint density at radius 2 is 1.61 bits per heavy atom. The summed E-state index contributed by atoms with van der Waals surface area (Å²) in [6.07, 6.45) is -3.62. The first-order chi connectivity index (χ1) is 14.3. The van der Waals surface area contributed by atoms with Crippen molar-refractivity contribution < 1.29 is 18.0 Å². The van der Waals surface area contributed by atoms with Crippen LogP contribution in [0.25, 0.3) is 0 Å². The number of hydrogen-bond acceptors (Lipinski definition) is 2. The van der Waals surface area contributed by atoms with Crippen LogP contribution in [0.1, 0.15) is 17.0 Å². The molecule has 1 unspecified atom stereocenters. The summed E-state index contributed by atoms with van der Waals surface area (Å²) in [5, 5.41) is 5.96. The minimum atomic E-state index is -4.43. The van der Waals surface area contributed by atoms with Gasteiger partial charge in [0.05, 0.1) is 6.54 Å². The van der Waals surface area contributed by atoms with Gasteiger partial charge in [0.25, 0.3) is 0 Å². The van der Waals surface area contributed by atoms with E-state index in [0.717, 1.165) is 19.0 Å². The lowest BCUT2D eigenvalue weighted by Crippen LogP contribution is -2.46. The Morgan fingerprint density at radius 1 is 1.03 bits per heavy atom. The molecule has 31 heavy (non-hydrogen) atoms. The molecule has 0 aliphatic carbocycles. The van der Waals surface area contributed by atoms with Crippen molar-refractivity contribution in [3.8, 4) is 0 Å². The van der Waals surface area contributed by atoms with Gasteiger partial charge in [-0.05, 0) is 17.5 Å². The fourth-order valence-electron chi connectivity index (χ4n) is 3.02. The number of nitrogens with one attached hydrogen (secondary N) is 2. The third-order valence-electron chi connectivity index (χ3n) is 4.58. The normalized spacial score (nSPS) is 12.5. The number of halogens is 4. The summed E-state index contributed by atoms with van der Waals surface area (Å²) < 4.78 is 37.3. The fraction of sp³-hybridized carbons (Fsp3) is 0.364. The highest BCUT2D eigenvalue weighted by atomic mass is 127. The average molecular weight is 548 g/mol. The van der Waals surface area contributed by atoms with Gasteiger partial charge in [0, 0.05) is 26.6 Å². The molecular formula is C22H28F3IN4O. The molecular weight excluding hydrogens is 520 g/mol. The molecule has 1 amide bonds. The van der Waals surface area contributed by atoms with Crippen LogP contribution in [0.15, 0.2) is 65.7 Å². The highest BCUT2D eigenvalue weighted by Crippen LogP contribution is 2.20. The molecule has 2 rings (SSSR count). The van der Waals surface area contributed by atoms with Crippen LogP contribution in [-0.4, -0.2) is 56.7 Å². The molecule has 0 spiro atoms. The van der Waals surface area contributed by atoms with Gasteiger partial charge in [-0.2, -0.15) is 13.2 Å². The fourth-order valence-corrected chi connectivity index (χ4v) is 3.02. The van der Waals surface area contributed by atoms with E-state index < -0.39 is 18.6 Å². The number of alkyl halides is 3. The minimum absolute atomic E-state index is 0. The number of amides is 1. The molecule has 5 nitrogen and oxygen atoms in total. The maximum absolute atomic E-state index is 12.4. The second-order valence-corrected chi connectivity index (χ2v) is 6.97. The molecule has 2 aromatic carbocycles. The number of likely N-dealkylation sites (N-methyl/N-ethyl adjacent to an activating group) is 1. The minimum Gasteiger partial charge on any atom is -0.356 e. The SMILES string of the molecule is CN=C(NCC(=O)N(C)CC(F)(F)F)NCC(Cc1ccccc1)c1ccccc1.I. The first-order valence-corrected chi connectivity index (χ1v) is 9.62. The van der Waals surface area contributed by atoms with Crippen molar-refractivity contribution in [3.05, 3.63) is 71.8 Å². The number of guanidine groups is 1. The molecule has 0 aliphatic heterocycles. The van der Waals surface area contributed by atoms with Crippen molar-refractivity contribution in [1.82, 2.24) is 15.5 Å². The van der Waals surface area contributed by atoms with Crippen LogP contribution < -0.4 is 10.6 Å². The van der Waals surface area contributed by atoms with Crippen molar-refractivity contribution in [3.63, 3.8) is 0 Å². The van der Waals surface area contributed by atoms with E-state index in [-0.39, 0.29) is 36.4 Å². The summed E-state index contributed by atoms with van der Waals surface area (Å²) >= 11 is 0. The van der Waals surface area contributed by atoms with E-state index in [0.29, 0.717) is 17.4 Å². The number of hydrogen-bond donors (Lipinski definition) is 2. The van der Waals surface area contributed by atoms with E-state index in [9.17, 15) is 18.0 Å². The lowest BCUT2D eigenvalue weighted by atomic mass is 9.92. The van der Waals surface area contributed by atoms with Crippen LogP contribution in [0.5, 0.6) is 0 Å².